The number of aryl methyl sites for hydroxylation is 1. The van der Waals surface area contributed by atoms with Crippen molar-refractivity contribution in [1.82, 2.24) is 20.6 Å². The molecule has 10 heteroatoms. The van der Waals surface area contributed by atoms with Gasteiger partial charge in [-0.25, -0.2) is 14.6 Å². The van der Waals surface area contributed by atoms with Crippen LogP contribution in [0.5, 0.6) is 11.5 Å². The predicted octanol–water partition coefficient (Wildman–Crippen LogP) is 4.71. The number of aromatic nitrogens is 2. The van der Waals surface area contributed by atoms with Gasteiger partial charge in [-0.15, -0.1) is 0 Å². The second-order valence-corrected chi connectivity index (χ2v) is 9.58. The zero-order valence-corrected chi connectivity index (χ0v) is 21.6. The van der Waals surface area contributed by atoms with Gasteiger partial charge in [-0.3, -0.25) is 0 Å². The lowest BCUT2D eigenvalue weighted by Crippen LogP contribution is -2.46. The van der Waals surface area contributed by atoms with Crippen LogP contribution in [0.4, 0.5) is 4.79 Å². The fraction of sp³-hybridized carbons (Fsp3) is 0.200. The lowest BCUT2D eigenvalue weighted by molar-refractivity contribution is -0.144. The van der Waals surface area contributed by atoms with E-state index >= 15 is 0 Å². The van der Waals surface area contributed by atoms with Gasteiger partial charge in [0.1, 0.15) is 6.10 Å². The lowest BCUT2D eigenvalue weighted by atomic mass is 9.92. The first kappa shape index (κ1) is 25.0. The Morgan fingerprint density at radius 1 is 1.12 bits per heavy atom. The van der Waals surface area contributed by atoms with Gasteiger partial charge in [0, 0.05) is 5.70 Å². The van der Waals surface area contributed by atoms with Gasteiger partial charge in [0.05, 0.1) is 40.6 Å². The maximum atomic E-state index is 13.8. The Morgan fingerprint density at radius 3 is 2.88 bits per heavy atom. The van der Waals surface area contributed by atoms with Gasteiger partial charge in [-0.05, 0) is 72.9 Å². The zero-order valence-electron chi connectivity index (χ0n) is 21.6. The number of benzene rings is 3. The predicted molar refractivity (Wildman–Crippen MR) is 144 cm³/mol. The molecule has 3 heterocycles. The smallest absolute Gasteiger partial charge is 0.338 e. The van der Waals surface area contributed by atoms with Crippen LogP contribution in [-0.2, 0) is 16.0 Å². The average Bonchev–Trinajstić information content (AvgIpc) is 3.64. The van der Waals surface area contributed by atoms with Crippen LogP contribution in [0.15, 0.2) is 78.3 Å². The molecule has 2 unspecified atom stereocenters. The molecule has 200 valence electrons. The summed E-state index contributed by atoms with van der Waals surface area (Å²) in [6.45, 7) is 1.93. The Labute approximate surface area is 229 Å². The minimum atomic E-state index is -0.752. The number of esters is 1. The number of ether oxygens (including phenoxy) is 3. The lowest BCUT2D eigenvalue weighted by Gasteiger charge is -2.30. The second kappa shape index (κ2) is 10.5. The van der Waals surface area contributed by atoms with E-state index in [4.69, 9.17) is 14.2 Å². The van der Waals surface area contributed by atoms with Gasteiger partial charge in [0.25, 0.3) is 0 Å². The summed E-state index contributed by atoms with van der Waals surface area (Å²) < 4.78 is 16.8. The molecule has 3 N–H and O–H groups in total. The van der Waals surface area contributed by atoms with Crippen LogP contribution in [-0.4, -0.2) is 28.8 Å². The molecule has 0 aliphatic carbocycles. The SMILES string of the molecule is CC(OC(=O)C1=C(CCc2ccc3c(c2)OCO3)NC(=O)NC1c1ccc2nc[nH]c2c1)c1cccc(C#N)c1. The third-order valence-electron chi connectivity index (χ3n) is 7.02. The number of carbonyl (C=O) groups is 2. The number of hydrogen-bond donors (Lipinski definition) is 3. The van der Waals surface area contributed by atoms with Crippen LogP contribution in [0.2, 0.25) is 0 Å². The standard InChI is InChI=1S/C30H25N5O5/c1-17(20-4-2-3-19(11-20)14-31)40-29(36)27-23(8-5-18-6-10-25-26(12-18)39-16-38-25)34-30(37)35-28(27)21-7-9-22-24(13-21)33-15-32-22/h2-4,6-7,9-13,15,17,28H,5,8,16H2,1H3,(H,32,33)(H2,34,35,37). The van der Waals surface area contributed by atoms with E-state index in [-0.39, 0.29) is 6.79 Å². The third-order valence-corrected chi connectivity index (χ3v) is 7.02. The van der Waals surface area contributed by atoms with Crippen molar-refractivity contribution in [3.05, 3.63) is 101 Å². The highest BCUT2D eigenvalue weighted by Crippen LogP contribution is 2.35. The molecule has 3 aromatic carbocycles. The van der Waals surface area contributed by atoms with E-state index in [0.717, 1.165) is 16.6 Å². The molecule has 2 amide bonds. The van der Waals surface area contributed by atoms with Gasteiger partial charge in [0.15, 0.2) is 11.5 Å². The third kappa shape index (κ3) is 4.92. The molecule has 0 saturated heterocycles. The highest BCUT2D eigenvalue weighted by atomic mass is 16.7. The van der Waals surface area contributed by atoms with E-state index in [2.05, 4.69) is 26.7 Å². The first-order valence-electron chi connectivity index (χ1n) is 12.8. The van der Waals surface area contributed by atoms with Crippen molar-refractivity contribution >= 4 is 23.0 Å². The van der Waals surface area contributed by atoms with Crippen molar-refractivity contribution in [1.29, 1.82) is 5.26 Å². The van der Waals surface area contributed by atoms with Gasteiger partial charge in [0.2, 0.25) is 6.79 Å². The fourth-order valence-electron chi connectivity index (χ4n) is 4.96. The minimum Gasteiger partial charge on any atom is -0.454 e. The van der Waals surface area contributed by atoms with Gasteiger partial charge >= 0.3 is 12.0 Å². The van der Waals surface area contributed by atoms with Gasteiger partial charge in [-0.2, -0.15) is 5.26 Å². The number of nitrogens with one attached hydrogen (secondary N) is 3. The Kier molecular flexibility index (Phi) is 6.54. The molecule has 4 aromatic rings. The summed E-state index contributed by atoms with van der Waals surface area (Å²) in [6, 6.07) is 19.1. The molecule has 2 aliphatic heterocycles. The molecule has 0 spiro atoms. The number of nitrogens with zero attached hydrogens (tertiary/aromatic N) is 2. The molecule has 1 aromatic heterocycles. The van der Waals surface area contributed by atoms with Crippen LogP contribution in [0.3, 0.4) is 0 Å². The molecule has 0 bridgehead atoms. The number of rotatable bonds is 7. The molecular weight excluding hydrogens is 510 g/mol. The summed E-state index contributed by atoms with van der Waals surface area (Å²) >= 11 is 0. The average molecular weight is 536 g/mol. The summed E-state index contributed by atoms with van der Waals surface area (Å²) in [6.07, 6.45) is 1.87. The van der Waals surface area contributed by atoms with Crippen molar-refractivity contribution in [3.63, 3.8) is 0 Å². The van der Waals surface area contributed by atoms with Crippen molar-refractivity contribution < 1.29 is 23.8 Å². The minimum absolute atomic E-state index is 0.180. The van der Waals surface area contributed by atoms with Crippen LogP contribution >= 0.6 is 0 Å². The summed E-state index contributed by atoms with van der Waals surface area (Å²) in [4.78, 5) is 34.0. The molecular formula is C30H25N5O5. The number of fused-ring (bicyclic) bond motifs is 2. The van der Waals surface area contributed by atoms with Gasteiger partial charge in [-0.1, -0.05) is 24.3 Å². The number of carbonyl (C=O) groups excluding carboxylic acids is 2. The van der Waals surface area contributed by atoms with Crippen LogP contribution in [0.25, 0.3) is 11.0 Å². The van der Waals surface area contributed by atoms with E-state index in [0.29, 0.717) is 52.3 Å². The number of nitriles is 1. The number of allylic oxidation sites excluding steroid dienone is 1. The molecule has 0 fully saturated rings. The quantitative estimate of drug-likeness (QED) is 0.291. The Balaban J connectivity index is 1.35. The summed E-state index contributed by atoms with van der Waals surface area (Å²) in [5, 5.41) is 15.0. The largest absolute Gasteiger partial charge is 0.454 e. The summed E-state index contributed by atoms with van der Waals surface area (Å²) in [5.41, 5.74) is 5.17. The normalized spacial score (nSPS) is 16.7. The number of aromatic amines is 1. The molecule has 6 rings (SSSR count). The Hall–Kier alpha value is -5.30. The van der Waals surface area contributed by atoms with Crippen LogP contribution < -0.4 is 20.1 Å². The highest BCUT2D eigenvalue weighted by Gasteiger charge is 2.34. The van der Waals surface area contributed by atoms with E-state index in [1.807, 2.05) is 36.4 Å². The fourth-order valence-corrected chi connectivity index (χ4v) is 4.96. The van der Waals surface area contributed by atoms with Crippen molar-refractivity contribution in [2.45, 2.75) is 31.9 Å². The van der Waals surface area contributed by atoms with Gasteiger partial charge < -0.3 is 29.8 Å². The first-order valence-corrected chi connectivity index (χ1v) is 12.8. The van der Waals surface area contributed by atoms with E-state index < -0.39 is 24.1 Å². The number of urea groups is 1. The Morgan fingerprint density at radius 2 is 2.00 bits per heavy atom. The maximum Gasteiger partial charge on any atom is 0.338 e. The summed E-state index contributed by atoms with van der Waals surface area (Å²) in [7, 11) is 0. The van der Waals surface area contributed by atoms with Crippen LogP contribution in [0.1, 0.15) is 47.7 Å². The van der Waals surface area contributed by atoms with Crippen LogP contribution in [0, 0.1) is 11.3 Å². The highest BCUT2D eigenvalue weighted by molar-refractivity contribution is 5.95. The van der Waals surface area contributed by atoms with Crippen molar-refractivity contribution in [3.8, 4) is 17.6 Å². The number of hydrogen-bond acceptors (Lipinski definition) is 7. The monoisotopic (exact) mass is 535 g/mol. The van der Waals surface area contributed by atoms with E-state index in [1.165, 1.54) is 0 Å². The van der Waals surface area contributed by atoms with Crippen molar-refractivity contribution in [2.24, 2.45) is 0 Å². The topological polar surface area (TPSA) is 138 Å². The van der Waals surface area contributed by atoms with E-state index in [1.54, 1.807) is 37.5 Å². The molecule has 40 heavy (non-hydrogen) atoms. The number of amides is 2. The van der Waals surface area contributed by atoms with Crippen molar-refractivity contribution in [2.75, 3.05) is 6.79 Å². The molecule has 0 saturated carbocycles. The molecule has 10 nitrogen and oxygen atoms in total. The Bertz CT molecular complexity index is 1700. The second-order valence-electron chi connectivity index (χ2n) is 9.58. The number of imidazole rings is 1. The first-order chi connectivity index (χ1) is 19.5. The molecule has 2 aliphatic rings. The molecule has 2 atom stereocenters. The number of H-pyrrole nitrogens is 1. The maximum absolute atomic E-state index is 13.8. The summed E-state index contributed by atoms with van der Waals surface area (Å²) in [5.74, 6) is 0.781. The molecule has 0 radical (unpaired) electrons. The zero-order chi connectivity index (χ0) is 27.6. The van der Waals surface area contributed by atoms with E-state index in [9.17, 15) is 14.9 Å².